The second kappa shape index (κ2) is 9.16. The molecular weight excluding hydrogens is 542 g/mol. The van der Waals surface area contributed by atoms with Crippen LogP contribution in [0.25, 0.3) is 11.0 Å². The lowest BCUT2D eigenvalue weighted by molar-refractivity contribution is 0.484. The number of hydrogen-bond acceptors (Lipinski definition) is 7. The van der Waals surface area contributed by atoms with Crippen molar-refractivity contribution >= 4 is 65.8 Å². The van der Waals surface area contributed by atoms with Gasteiger partial charge in [0, 0.05) is 22.2 Å². The van der Waals surface area contributed by atoms with E-state index in [2.05, 4.69) is 4.72 Å². The van der Waals surface area contributed by atoms with E-state index in [1.165, 1.54) is 12.1 Å². The summed E-state index contributed by atoms with van der Waals surface area (Å²) in [5, 5.41) is 5.66. The molecule has 4 aromatic rings. The third-order valence-electron chi connectivity index (χ3n) is 5.58. The Balaban J connectivity index is 1.63. The highest BCUT2D eigenvalue weighted by molar-refractivity contribution is 8.18. The van der Waals surface area contributed by atoms with E-state index < -0.39 is 25.4 Å². The van der Waals surface area contributed by atoms with Crippen molar-refractivity contribution in [2.24, 2.45) is 5.14 Å². The molecule has 8 nitrogen and oxygen atoms in total. The number of hydrogen-bond donors (Lipinski definition) is 2. The molecule has 0 spiro atoms. The van der Waals surface area contributed by atoms with Crippen LogP contribution in [0.15, 0.2) is 98.3 Å². The number of anilines is 2. The number of para-hydroxylation sites is 1. The van der Waals surface area contributed by atoms with Gasteiger partial charge in [-0.05, 0) is 36.8 Å². The smallest absolute Gasteiger partial charge is 0.295 e. The van der Waals surface area contributed by atoms with Crippen LogP contribution in [0.3, 0.4) is 0 Å². The Morgan fingerprint density at radius 1 is 0.972 bits per heavy atom. The monoisotopic (exact) mass is 561 g/mol. The molecule has 3 aromatic carbocycles. The largest absolute Gasteiger partial charge is 0.443 e. The van der Waals surface area contributed by atoms with Crippen molar-refractivity contribution in [2.45, 2.75) is 17.4 Å². The van der Waals surface area contributed by atoms with Gasteiger partial charge in [-0.3, -0.25) is 4.72 Å². The summed E-state index contributed by atoms with van der Waals surface area (Å²) in [6.45, 7) is 1.63. The zero-order valence-corrected chi connectivity index (χ0v) is 22.0. The van der Waals surface area contributed by atoms with E-state index in [1.54, 1.807) is 48.2 Å². The molecule has 3 N–H and O–H groups in total. The fraction of sp³-hybridized carbons (Fsp3) is 0.0833. The van der Waals surface area contributed by atoms with E-state index in [4.69, 9.17) is 21.2 Å². The van der Waals surface area contributed by atoms with Crippen molar-refractivity contribution in [1.82, 2.24) is 0 Å². The second-order valence-corrected chi connectivity index (χ2v) is 12.9. The number of fused-ring (bicyclic) bond motifs is 1. The average Bonchev–Trinajstić information content (AvgIpc) is 3.42. The number of rotatable bonds is 6. The maximum absolute atomic E-state index is 13.3. The van der Waals surface area contributed by atoms with E-state index in [0.717, 1.165) is 17.3 Å². The van der Waals surface area contributed by atoms with Crippen molar-refractivity contribution < 1.29 is 21.3 Å². The molecule has 12 heteroatoms. The molecule has 0 saturated carbocycles. The number of nitrogens with one attached hydrogen (secondary N) is 1. The van der Waals surface area contributed by atoms with Gasteiger partial charge in [-0.1, -0.05) is 71.9 Å². The van der Waals surface area contributed by atoms with Crippen LogP contribution in [0, 0.1) is 0 Å². The van der Waals surface area contributed by atoms with Crippen molar-refractivity contribution in [2.75, 3.05) is 9.62 Å². The average molecular weight is 562 g/mol. The zero-order chi connectivity index (χ0) is 25.7. The lowest BCUT2D eigenvalue weighted by Crippen LogP contribution is -2.23. The highest BCUT2D eigenvalue weighted by Crippen LogP contribution is 2.52. The Morgan fingerprint density at radius 3 is 2.36 bits per heavy atom. The minimum atomic E-state index is -4.15. The third kappa shape index (κ3) is 4.60. The molecule has 0 aliphatic carbocycles. The molecule has 186 valence electrons. The normalized spacial score (nSPS) is 16.6. The lowest BCUT2D eigenvalue weighted by atomic mass is 10.1. The first-order valence-electron chi connectivity index (χ1n) is 10.6. The molecule has 0 bridgehead atoms. The molecule has 1 unspecified atom stereocenters. The first-order chi connectivity index (χ1) is 17.0. The summed E-state index contributed by atoms with van der Waals surface area (Å²) in [7, 11) is -8.18. The molecule has 36 heavy (non-hydrogen) atoms. The van der Waals surface area contributed by atoms with Crippen molar-refractivity contribution in [3.05, 3.63) is 99.4 Å². The molecule has 0 amide bonds. The Bertz CT molecular complexity index is 1690. The van der Waals surface area contributed by atoms with E-state index in [9.17, 15) is 16.8 Å². The molecule has 0 fully saturated rings. The zero-order valence-electron chi connectivity index (χ0n) is 18.8. The van der Waals surface area contributed by atoms with E-state index in [-0.39, 0.29) is 20.0 Å². The fourth-order valence-electron chi connectivity index (χ4n) is 4.01. The molecule has 1 aromatic heterocycles. The van der Waals surface area contributed by atoms with Crippen LogP contribution >= 0.6 is 23.4 Å². The quantitative estimate of drug-likeness (QED) is 0.313. The predicted molar refractivity (Wildman–Crippen MR) is 144 cm³/mol. The molecule has 2 heterocycles. The lowest BCUT2D eigenvalue weighted by Gasteiger charge is -2.30. The molecule has 0 saturated heterocycles. The molecule has 1 atom stereocenters. The topological polar surface area (TPSA) is 123 Å². The third-order valence-corrected chi connectivity index (χ3v) is 10.1. The summed E-state index contributed by atoms with van der Waals surface area (Å²) in [6, 6.07) is 22.3. The van der Waals surface area contributed by atoms with Gasteiger partial charge >= 0.3 is 0 Å². The van der Waals surface area contributed by atoms with Crippen molar-refractivity contribution in [3.63, 3.8) is 0 Å². The maximum atomic E-state index is 13.3. The Kier molecular flexibility index (Phi) is 6.29. The number of primary sulfonamides is 1. The predicted octanol–water partition coefficient (Wildman–Crippen LogP) is 5.62. The molecular formula is C24H20ClN3O5S3. The first kappa shape index (κ1) is 24.7. The summed E-state index contributed by atoms with van der Waals surface area (Å²) in [5.74, 6) is 0. The Labute approximate surface area is 217 Å². The van der Waals surface area contributed by atoms with Crippen molar-refractivity contribution in [1.29, 1.82) is 0 Å². The van der Waals surface area contributed by atoms with Gasteiger partial charge in [0.05, 0.1) is 11.4 Å². The SMILES string of the molecule is CC1=C(S(N)(=O)=O)SC(c2ccccc2)N1c1ccc(Cl)cc1NS(=O)(=O)c1cc2ccccc2o1. The van der Waals surface area contributed by atoms with Gasteiger partial charge in [-0.2, -0.15) is 8.42 Å². The number of thioether (sulfide) groups is 1. The van der Waals surface area contributed by atoms with Crippen LogP contribution in [-0.2, 0) is 20.0 Å². The van der Waals surface area contributed by atoms with Crippen LogP contribution in [0.5, 0.6) is 0 Å². The number of nitrogens with zero attached hydrogens (tertiary/aromatic N) is 1. The van der Waals surface area contributed by atoms with E-state index in [0.29, 0.717) is 22.4 Å². The Hall–Kier alpha value is -2.96. The van der Waals surface area contributed by atoms with Crippen LogP contribution in [0.1, 0.15) is 17.9 Å². The van der Waals surface area contributed by atoms with Gasteiger partial charge in [0.25, 0.3) is 10.0 Å². The summed E-state index contributed by atoms with van der Waals surface area (Å²) in [6.07, 6.45) is 0. The van der Waals surface area contributed by atoms with Gasteiger partial charge in [0.2, 0.25) is 15.1 Å². The van der Waals surface area contributed by atoms with E-state index >= 15 is 0 Å². The van der Waals surface area contributed by atoms with Gasteiger partial charge in [-0.25, -0.2) is 13.6 Å². The summed E-state index contributed by atoms with van der Waals surface area (Å²) in [5.41, 5.74) is 2.15. The van der Waals surface area contributed by atoms with Crippen molar-refractivity contribution in [3.8, 4) is 0 Å². The molecule has 1 aliphatic heterocycles. The minimum Gasteiger partial charge on any atom is -0.443 e. The van der Waals surface area contributed by atoms with Gasteiger partial charge < -0.3 is 9.32 Å². The van der Waals surface area contributed by atoms with Crippen LogP contribution in [-0.4, -0.2) is 16.8 Å². The number of furan rings is 1. The van der Waals surface area contributed by atoms with Gasteiger partial charge in [-0.15, -0.1) is 0 Å². The van der Waals surface area contributed by atoms with Gasteiger partial charge in [0.1, 0.15) is 15.2 Å². The maximum Gasteiger partial charge on any atom is 0.295 e. The number of benzene rings is 3. The van der Waals surface area contributed by atoms with Crippen LogP contribution in [0.4, 0.5) is 11.4 Å². The molecule has 0 radical (unpaired) electrons. The number of halogens is 1. The number of sulfonamides is 2. The second-order valence-electron chi connectivity index (χ2n) is 8.04. The minimum absolute atomic E-state index is 0.00241. The highest BCUT2D eigenvalue weighted by Gasteiger charge is 2.38. The number of allylic oxidation sites excluding steroid dienone is 1. The summed E-state index contributed by atoms with van der Waals surface area (Å²) < 4.78 is 59.5. The number of nitrogens with two attached hydrogens (primary N) is 1. The van der Waals surface area contributed by atoms with Gasteiger partial charge in [0.15, 0.2) is 0 Å². The summed E-state index contributed by atoms with van der Waals surface area (Å²) >= 11 is 7.32. The fourth-order valence-corrected chi connectivity index (χ4v) is 7.68. The highest BCUT2D eigenvalue weighted by atomic mass is 35.5. The standard InChI is InChI=1S/C24H20ClN3O5S3/c1-15-24(35(26,29)30)34-23(16-7-3-2-4-8-16)28(15)20-12-11-18(25)14-19(20)27-36(31,32)22-13-17-9-5-6-10-21(17)33-22/h2-14,23,27H,1H3,(H2,26,29,30). The Morgan fingerprint density at radius 2 is 1.67 bits per heavy atom. The first-order valence-corrected chi connectivity index (χ1v) is 14.9. The van der Waals surface area contributed by atoms with E-state index in [1.807, 2.05) is 30.3 Å². The van der Waals surface area contributed by atoms with Crippen LogP contribution < -0.4 is 14.8 Å². The summed E-state index contributed by atoms with van der Waals surface area (Å²) in [4.78, 5) is 1.73. The molecule has 5 rings (SSSR count). The molecule has 1 aliphatic rings. The van der Waals surface area contributed by atoms with Crippen LogP contribution in [0.2, 0.25) is 5.02 Å².